The molecule has 2 atom stereocenters. The normalized spacial score (nSPS) is 16.4. The molecule has 0 spiro atoms. The molecule has 3 aromatic rings. The second-order valence-electron chi connectivity index (χ2n) is 12.2. The highest BCUT2D eigenvalue weighted by Gasteiger charge is 2.28. The molecular formula is C33H41ClN10O5. The van der Waals surface area contributed by atoms with Gasteiger partial charge < -0.3 is 30.8 Å². The second kappa shape index (κ2) is 16.1. The number of benzene rings is 2. The van der Waals surface area contributed by atoms with Gasteiger partial charge in [-0.25, -0.2) is 20.4 Å². The third-order valence-corrected chi connectivity index (χ3v) is 7.53. The van der Waals surface area contributed by atoms with E-state index in [0.29, 0.717) is 70.4 Å². The van der Waals surface area contributed by atoms with E-state index in [9.17, 15) is 14.4 Å². The number of hydrazine groups is 1. The van der Waals surface area contributed by atoms with Gasteiger partial charge in [0.25, 0.3) is 0 Å². The van der Waals surface area contributed by atoms with Gasteiger partial charge in [-0.1, -0.05) is 24.4 Å². The molecule has 1 aliphatic rings. The average molecular weight is 693 g/mol. The maximum absolute atomic E-state index is 13.4. The van der Waals surface area contributed by atoms with Gasteiger partial charge in [-0.15, -0.1) is 5.10 Å². The fraction of sp³-hybridized carbons (Fsp3) is 0.333. The molecule has 0 aliphatic carbocycles. The van der Waals surface area contributed by atoms with E-state index in [1.807, 2.05) is 0 Å². The number of carbonyl (C=O) groups excluding carboxylic acids is 3. The van der Waals surface area contributed by atoms with Gasteiger partial charge in [-0.05, 0) is 76.1 Å². The molecule has 1 aromatic heterocycles. The smallest absolute Gasteiger partial charge is 0.411 e. The zero-order valence-corrected chi connectivity index (χ0v) is 28.5. The van der Waals surface area contributed by atoms with Crippen molar-refractivity contribution in [2.24, 2.45) is 16.0 Å². The number of amides is 2. The third kappa shape index (κ3) is 10.0. The highest BCUT2D eigenvalue weighted by atomic mass is 35.5. The van der Waals surface area contributed by atoms with Crippen LogP contribution < -0.4 is 32.5 Å². The second-order valence-corrected chi connectivity index (χ2v) is 12.6. The Morgan fingerprint density at radius 3 is 2.63 bits per heavy atom. The minimum absolute atomic E-state index is 0.247. The van der Waals surface area contributed by atoms with Crippen LogP contribution >= 0.6 is 11.6 Å². The molecule has 15 nitrogen and oxygen atoms in total. The van der Waals surface area contributed by atoms with Gasteiger partial charge in [-0.3, -0.25) is 15.1 Å². The predicted octanol–water partition coefficient (Wildman–Crippen LogP) is 5.38. The molecule has 0 radical (unpaired) electrons. The van der Waals surface area contributed by atoms with Crippen molar-refractivity contribution in [3.8, 4) is 11.3 Å². The maximum Gasteiger partial charge on any atom is 0.411 e. The lowest BCUT2D eigenvalue weighted by Gasteiger charge is -2.26. The van der Waals surface area contributed by atoms with Crippen LogP contribution in [0.25, 0.3) is 17.3 Å². The van der Waals surface area contributed by atoms with E-state index in [1.54, 1.807) is 63.2 Å². The van der Waals surface area contributed by atoms with Crippen LogP contribution in [-0.4, -0.2) is 59.7 Å². The molecule has 0 saturated heterocycles. The van der Waals surface area contributed by atoms with Gasteiger partial charge in [0, 0.05) is 40.3 Å². The van der Waals surface area contributed by atoms with Gasteiger partial charge in [0.2, 0.25) is 5.91 Å². The minimum Gasteiger partial charge on any atom is -0.458 e. The van der Waals surface area contributed by atoms with Crippen molar-refractivity contribution in [1.82, 2.24) is 15.3 Å². The number of esters is 1. The number of anilines is 4. The molecule has 260 valence electrons. The number of aromatic nitrogens is 2. The van der Waals surface area contributed by atoms with Gasteiger partial charge >= 0.3 is 12.1 Å². The molecule has 16 heteroatoms. The van der Waals surface area contributed by atoms with Crippen molar-refractivity contribution in [1.29, 1.82) is 0 Å². The Balaban J connectivity index is 1.67. The molecule has 2 amide bonds. The number of methoxy groups -OCH3 is 1. The number of rotatable bonds is 8. The summed E-state index contributed by atoms with van der Waals surface area (Å²) >= 11 is 6.22. The first kappa shape index (κ1) is 36.4. The zero-order valence-electron chi connectivity index (χ0n) is 27.7. The fourth-order valence-electron chi connectivity index (χ4n) is 5.11. The number of aromatic amines is 1. The topological polar surface area (TPSA) is 214 Å². The summed E-state index contributed by atoms with van der Waals surface area (Å²) in [6.07, 6.45) is 5.71. The highest BCUT2D eigenvalue weighted by Crippen LogP contribution is 2.36. The summed E-state index contributed by atoms with van der Waals surface area (Å²) in [5.74, 6) is 5.93. The molecule has 8 N–H and O–H groups in total. The Morgan fingerprint density at radius 1 is 1.16 bits per heavy atom. The molecule has 0 fully saturated rings. The number of halogens is 1. The summed E-state index contributed by atoms with van der Waals surface area (Å²) in [4.78, 5) is 46.6. The molecule has 2 aromatic carbocycles. The van der Waals surface area contributed by atoms with Crippen LogP contribution in [0.5, 0.6) is 0 Å². The van der Waals surface area contributed by atoms with E-state index in [0.717, 1.165) is 0 Å². The Kier molecular flexibility index (Phi) is 12.0. The van der Waals surface area contributed by atoms with Crippen molar-refractivity contribution in [3.05, 3.63) is 58.9 Å². The van der Waals surface area contributed by atoms with Crippen LogP contribution in [0, 0.1) is 0 Å². The zero-order chi connectivity index (χ0) is 35.7. The number of nitrogens with zero attached hydrogens (tertiary/aromatic N) is 4. The number of imidazole rings is 1. The quantitative estimate of drug-likeness (QED) is 0.0442. The van der Waals surface area contributed by atoms with E-state index >= 15 is 0 Å². The lowest BCUT2D eigenvalue weighted by Crippen LogP contribution is -2.37. The molecule has 1 aliphatic heterocycles. The number of H-pyrrole nitrogens is 1. The van der Waals surface area contributed by atoms with Crippen molar-refractivity contribution >= 4 is 71.6 Å². The van der Waals surface area contributed by atoms with E-state index in [-0.39, 0.29) is 5.82 Å². The first-order chi connectivity index (χ1) is 23.3. The number of ether oxygens (including phenoxy) is 2. The molecule has 2 bridgehead atoms. The molecule has 0 saturated carbocycles. The van der Waals surface area contributed by atoms with Crippen LogP contribution in [0.3, 0.4) is 0 Å². The van der Waals surface area contributed by atoms with Gasteiger partial charge in [-0.2, -0.15) is 5.10 Å². The van der Waals surface area contributed by atoms with Gasteiger partial charge in [0.15, 0.2) is 0 Å². The first-order valence-electron chi connectivity index (χ1n) is 15.4. The van der Waals surface area contributed by atoms with Crippen molar-refractivity contribution in [2.45, 2.75) is 64.1 Å². The van der Waals surface area contributed by atoms with Crippen molar-refractivity contribution < 1.29 is 23.9 Å². The van der Waals surface area contributed by atoms with E-state index in [1.165, 1.54) is 24.5 Å². The van der Waals surface area contributed by atoms with Crippen molar-refractivity contribution in [3.63, 3.8) is 0 Å². The fourth-order valence-corrected chi connectivity index (χ4v) is 5.29. The monoisotopic (exact) mass is 692 g/mol. The number of carbonyl (C=O) groups is 3. The molecule has 0 unspecified atom stereocenters. The molecular weight excluding hydrogens is 652 g/mol. The first-order valence-corrected chi connectivity index (χ1v) is 15.8. The number of fused-ring (bicyclic) bond motifs is 4. The van der Waals surface area contributed by atoms with Crippen LogP contribution in [0.15, 0.2) is 52.7 Å². The van der Waals surface area contributed by atoms with Gasteiger partial charge in [0.1, 0.15) is 35.3 Å². The van der Waals surface area contributed by atoms with Gasteiger partial charge in [0.05, 0.1) is 18.8 Å². The summed E-state index contributed by atoms with van der Waals surface area (Å²) in [5, 5.41) is 17.7. The summed E-state index contributed by atoms with van der Waals surface area (Å²) in [6, 6.07) is 8.75. The highest BCUT2D eigenvalue weighted by molar-refractivity contribution is 6.30. The maximum atomic E-state index is 13.4. The number of nitrogens with one attached hydrogen (secondary N) is 4. The molecule has 49 heavy (non-hydrogen) atoms. The summed E-state index contributed by atoms with van der Waals surface area (Å²) < 4.78 is 10.5. The van der Waals surface area contributed by atoms with Crippen LogP contribution in [0.4, 0.5) is 27.7 Å². The standard InChI is InChI=1S/C33H41ClN10O5/c1-33(2,3)49-31(46)24-9-7-6-8-23(41-27(45)15-10-19-16-20(34)11-14-26(19)44(36)18-38-37-4)30-42-28(29(35)43-30)22-13-12-21(17-25(22)40-24)39-32(47)48-5/h10-18,23-24,40H,4,6-9,35-36H2,1-3,5H3,(H,39,47)(H,41,45)(H,42,43)/b15-10+,38-18-/t23-,24+/m0/s1. The van der Waals surface area contributed by atoms with Crippen molar-refractivity contribution in [2.75, 3.05) is 28.5 Å². The van der Waals surface area contributed by atoms with Crippen LogP contribution in [-0.2, 0) is 19.1 Å². The Hall–Kier alpha value is -5.41. The van der Waals surface area contributed by atoms with E-state index in [4.69, 9.17) is 37.6 Å². The number of hydrogen-bond donors (Lipinski definition) is 6. The predicted molar refractivity (Wildman–Crippen MR) is 192 cm³/mol. The van der Waals surface area contributed by atoms with Crippen LogP contribution in [0.1, 0.15) is 63.9 Å². The summed E-state index contributed by atoms with van der Waals surface area (Å²) in [6.45, 7) is 8.70. The van der Waals surface area contributed by atoms with E-state index in [2.05, 4.69) is 37.9 Å². The molecule has 2 heterocycles. The average Bonchev–Trinajstić information content (AvgIpc) is 3.43. The number of hydrogen-bond acceptors (Lipinski definition) is 11. The summed E-state index contributed by atoms with van der Waals surface area (Å²) in [5.41, 5.74) is 8.68. The summed E-state index contributed by atoms with van der Waals surface area (Å²) in [7, 11) is 1.26. The SMILES string of the molecule is C=N/N=C\N(N)c1ccc(Cl)cc1/C=C/C(=O)N[C@H]1CCCC[C@H](C(=O)OC(C)(C)C)Nc2cc(NC(=O)OC)ccc2-c2nc1[nH]c2N. The third-order valence-electron chi connectivity index (χ3n) is 7.30. The Labute approximate surface area is 289 Å². The lowest BCUT2D eigenvalue weighted by molar-refractivity contribution is -0.156. The minimum atomic E-state index is -0.734. The van der Waals surface area contributed by atoms with Crippen LogP contribution in [0.2, 0.25) is 5.02 Å². The number of nitrogen functional groups attached to an aromatic ring is 1. The Bertz CT molecular complexity index is 1750. The lowest BCUT2D eigenvalue weighted by atomic mass is 10.0. The molecule has 4 rings (SSSR count). The number of nitrogens with two attached hydrogens (primary N) is 2. The van der Waals surface area contributed by atoms with E-state index < -0.39 is 35.7 Å². The largest absolute Gasteiger partial charge is 0.458 e. The Morgan fingerprint density at radius 2 is 1.92 bits per heavy atom.